The van der Waals surface area contributed by atoms with Crippen molar-refractivity contribution in [2.24, 2.45) is 4.99 Å². The smallest absolute Gasteiger partial charge is 0.133 e. The van der Waals surface area contributed by atoms with Crippen LogP contribution in [0.5, 0.6) is 0 Å². The van der Waals surface area contributed by atoms with Gasteiger partial charge in [-0.05, 0) is 63.6 Å². The summed E-state index contributed by atoms with van der Waals surface area (Å²) in [6.45, 7) is 0. The molecule has 1 N–H and O–H groups in total. The zero-order chi connectivity index (χ0) is 29.7. The largest absolute Gasteiger partial charge is 0.339 e. The van der Waals surface area contributed by atoms with Gasteiger partial charge in [-0.1, -0.05) is 115 Å². The zero-order valence-corrected chi connectivity index (χ0v) is 25.3. The lowest BCUT2D eigenvalue weighted by molar-refractivity contribution is 0.787. The third kappa shape index (κ3) is 4.49. The molecule has 3 heterocycles. The molecule has 2 aliphatic rings. The van der Waals surface area contributed by atoms with Crippen molar-refractivity contribution < 1.29 is 0 Å². The Hall–Kier alpha value is -5.32. The van der Waals surface area contributed by atoms with Gasteiger partial charge in [0.2, 0.25) is 0 Å². The highest BCUT2D eigenvalue weighted by Crippen LogP contribution is 2.48. The third-order valence-electron chi connectivity index (χ3n) is 9.18. The zero-order valence-electron chi connectivity index (χ0n) is 24.5. The third-order valence-corrected chi connectivity index (χ3v) is 10.4. The molecule has 0 saturated heterocycles. The van der Waals surface area contributed by atoms with Crippen molar-refractivity contribution in [1.82, 2.24) is 4.98 Å². The van der Waals surface area contributed by atoms with Crippen LogP contribution in [0.25, 0.3) is 32.3 Å². The Morgan fingerprint density at radius 1 is 0.644 bits per heavy atom. The van der Waals surface area contributed by atoms with E-state index in [0.29, 0.717) is 0 Å². The quantitative estimate of drug-likeness (QED) is 0.220. The van der Waals surface area contributed by atoms with E-state index >= 15 is 0 Å². The average Bonchev–Trinajstić information content (AvgIpc) is 3.50. The number of rotatable bonds is 4. The van der Waals surface area contributed by atoms with Gasteiger partial charge in [0, 0.05) is 39.5 Å². The molecule has 1 aliphatic heterocycles. The van der Waals surface area contributed by atoms with Crippen LogP contribution in [0.15, 0.2) is 151 Å². The van der Waals surface area contributed by atoms with E-state index in [1.54, 1.807) is 0 Å². The first-order valence-electron chi connectivity index (χ1n) is 15.4. The predicted molar refractivity (Wildman–Crippen MR) is 187 cm³/mol. The van der Waals surface area contributed by atoms with E-state index in [0.717, 1.165) is 23.4 Å². The Morgan fingerprint density at radius 2 is 1.40 bits per heavy atom. The maximum absolute atomic E-state index is 5.46. The summed E-state index contributed by atoms with van der Waals surface area (Å²) in [4.78, 5) is 11.2. The summed E-state index contributed by atoms with van der Waals surface area (Å²) in [6.07, 6.45) is 4.77. The fourth-order valence-corrected chi connectivity index (χ4v) is 8.29. The molecule has 3 nitrogen and oxygen atoms in total. The molecular formula is C41H29N3S. The van der Waals surface area contributed by atoms with E-state index in [1.807, 2.05) is 29.8 Å². The molecule has 0 radical (unpaired) electrons. The van der Waals surface area contributed by atoms with Gasteiger partial charge in [-0.2, -0.15) is 0 Å². The van der Waals surface area contributed by atoms with Crippen LogP contribution in [-0.2, 0) is 6.42 Å². The van der Waals surface area contributed by atoms with Gasteiger partial charge in [0.15, 0.2) is 0 Å². The van der Waals surface area contributed by atoms with Gasteiger partial charge in [0.1, 0.15) is 11.9 Å². The van der Waals surface area contributed by atoms with Gasteiger partial charge in [0.25, 0.3) is 0 Å². The number of hydrogen-bond donors (Lipinski definition) is 1. The number of thiophene rings is 1. The molecule has 2 unspecified atom stereocenters. The van der Waals surface area contributed by atoms with Gasteiger partial charge in [0.05, 0.1) is 10.6 Å². The Morgan fingerprint density at radius 3 is 2.29 bits per heavy atom. The SMILES string of the molecule is c1ccc(C2=NC(c3cc(-c4cccnc4)cc(C4Cc5ccccc5-c5ccccc54)c3)c3sc4ccccc4c3N2)cc1. The van der Waals surface area contributed by atoms with E-state index in [1.165, 1.54) is 59.6 Å². The molecular weight excluding hydrogens is 567 g/mol. The summed E-state index contributed by atoms with van der Waals surface area (Å²) in [7, 11) is 0. The minimum atomic E-state index is -0.143. The highest BCUT2D eigenvalue weighted by molar-refractivity contribution is 7.20. The molecule has 5 aromatic carbocycles. The second-order valence-corrected chi connectivity index (χ2v) is 12.9. The van der Waals surface area contributed by atoms with Crippen molar-refractivity contribution in [2.45, 2.75) is 18.4 Å². The minimum Gasteiger partial charge on any atom is -0.339 e. The number of anilines is 1. The van der Waals surface area contributed by atoms with E-state index in [4.69, 9.17) is 4.99 Å². The summed E-state index contributed by atoms with van der Waals surface area (Å²) < 4.78 is 1.27. The lowest BCUT2D eigenvalue weighted by atomic mass is 9.75. The van der Waals surface area contributed by atoms with Crippen LogP contribution < -0.4 is 5.32 Å². The summed E-state index contributed by atoms with van der Waals surface area (Å²) in [5.74, 6) is 1.13. The first kappa shape index (κ1) is 26.1. The molecule has 0 spiro atoms. The highest BCUT2D eigenvalue weighted by atomic mass is 32.1. The molecule has 2 atom stereocenters. The Labute approximate surface area is 266 Å². The summed E-state index contributed by atoms with van der Waals surface area (Å²) in [5, 5.41) is 4.98. The maximum atomic E-state index is 5.46. The average molecular weight is 596 g/mol. The van der Waals surface area contributed by atoms with E-state index in [9.17, 15) is 0 Å². The Kier molecular flexibility index (Phi) is 6.20. The van der Waals surface area contributed by atoms with Gasteiger partial charge in [-0.15, -0.1) is 11.3 Å². The number of nitrogens with one attached hydrogen (secondary N) is 1. The highest BCUT2D eigenvalue weighted by Gasteiger charge is 2.31. The molecule has 45 heavy (non-hydrogen) atoms. The van der Waals surface area contributed by atoms with Crippen LogP contribution >= 0.6 is 11.3 Å². The van der Waals surface area contributed by atoms with E-state index in [2.05, 4.69) is 138 Å². The minimum absolute atomic E-state index is 0.143. The topological polar surface area (TPSA) is 37.3 Å². The second-order valence-electron chi connectivity index (χ2n) is 11.8. The van der Waals surface area contributed by atoms with E-state index < -0.39 is 0 Å². The van der Waals surface area contributed by atoms with Crippen LogP contribution in [0.4, 0.5) is 5.69 Å². The van der Waals surface area contributed by atoms with Gasteiger partial charge in [-0.25, -0.2) is 0 Å². The number of nitrogens with zero attached hydrogens (tertiary/aromatic N) is 2. The number of pyridine rings is 1. The number of hydrogen-bond acceptors (Lipinski definition) is 4. The predicted octanol–water partition coefficient (Wildman–Crippen LogP) is 10.3. The van der Waals surface area contributed by atoms with Crippen molar-refractivity contribution in [1.29, 1.82) is 0 Å². The van der Waals surface area contributed by atoms with Crippen LogP contribution in [0, 0.1) is 0 Å². The molecule has 4 heteroatoms. The monoisotopic (exact) mass is 595 g/mol. The summed E-state index contributed by atoms with van der Waals surface area (Å²) >= 11 is 1.84. The van der Waals surface area contributed by atoms with Crippen LogP contribution in [0.3, 0.4) is 0 Å². The van der Waals surface area contributed by atoms with Crippen LogP contribution in [0.2, 0.25) is 0 Å². The molecule has 0 saturated carbocycles. The van der Waals surface area contributed by atoms with Crippen LogP contribution in [-0.4, -0.2) is 10.8 Å². The summed E-state index contributed by atoms with van der Waals surface area (Å²) in [6, 6.07) is 48.1. The fourth-order valence-electron chi connectivity index (χ4n) is 7.06. The van der Waals surface area contributed by atoms with Gasteiger partial charge >= 0.3 is 0 Å². The van der Waals surface area contributed by atoms with Crippen molar-refractivity contribution in [3.05, 3.63) is 179 Å². The molecule has 2 aromatic heterocycles. The first-order valence-corrected chi connectivity index (χ1v) is 16.3. The number of aromatic nitrogens is 1. The number of aliphatic imine (C=N–C) groups is 1. The fraction of sp³-hybridized carbons (Fsp3) is 0.0732. The van der Waals surface area contributed by atoms with Crippen LogP contribution in [0.1, 0.15) is 44.7 Å². The normalized spacial score (nSPS) is 16.7. The molecule has 0 fully saturated rings. The second kappa shape index (κ2) is 10.7. The van der Waals surface area contributed by atoms with Gasteiger partial charge < -0.3 is 5.32 Å². The molecule has 1 aliphatic carbocycles. The lowest BCUT2D eigenvalue weighted by Gasteiger charge is -2.30. The van der Waals surface area contributed by atoms with E-state index in [-0.39, 0.29) is 12.0 Å². The number of benzene rings is 5. The van der Waals surface area contributed by atoms with Crippen molar-refractivity contribution in [3.8, 4) is 22.3 Å². The van der Waals surface area contributed by atoms with Crippen molar-refractivity contribution >= 4 is 32.9 Å². The number of fused-ring (bicyclic) bond motifs is 6. The molecule has 9 rings (SSSR count). The molecule has 0 amide bonds. The Balaban J connectivity index is 1.27. The lowest BCUT2D eigenvalue weighted by Crippen LogP contribution is -2.21. The molecule has 0 bridgehead atoms. The molecule has 214 valence electrons. The standard InChI is InChI=1S/C41H29N3S/c1-2-11-26(12-3-1)41-43-38(40-39(44-41)35-18-8-9-19-37(35)45-40)31-22-29(28-14-10-20-42-25-28)21-30(23-31)36-24-27-13-4-5-15-32(27)33-16-6-7-17-34(33)36/h1-23,25,36,38H,24H2,(H,43,44). The maximum Gasteiger partial charge on any atom is 0.133 e. The molecule has 7 aromatic rings. The Bertz CT molecular complexity index is 2230. The first-order chi connectivity index (χ1) is 22.3. The summed E-state index contributed by atoms with van der Waals surface area (Å²) in [5.41, 5.74) is 12.5. The van der Waals surface area contributed by atoms with Crippen molar-refractivity contribution in [2.75, 3.05) is 5.32 Å². The van der Waals surface area contributed by atoms with Crippen molar-refractivity contribution in [3.63, 3.8) is 0 Å². The number of amidine groups is 1. The van der Waals surface area contributed by atoms with Gasteiger partial charge in [-0.3, -0.25) is 9.98 Å².